The van der Waals surface area contributed by atoms with E-state index in [1.807, 2.05) is 0 Å². The highest BCUT2D eigenvalue weighted by atomic mass is 35.5. The molecule has 2 aliphatic rings. The number of piperidine rings is 1. The van der Waals surface area contributed by atoms with Crippen molar-refractivity contribution in [2.45, 2.75) is 55.5 Å². The van der Waals surface area contributed by atoms with Gasteiger partial charge >= 0.3 is 0 Å². The van der Waals surface area contributed by atoms with E-state index in [2.05, 4.69) is 17.1 Å². The highest BCUT2D eigenvalue weighted by Gasteiger charge is 2.49. The molecule has 0 amide bonds. The third-order valence-corrected chi connectivity index (χ3v) is 7.53. The smallest absolute Gasteiger partial charge is 0.243 e. The first-order chi connectivity index (χ1) is 11.5. The molecule has 3 atom stereocenters. The van der Waals surface area contributed by atoms with Gasteiger partial charge in [-0.15, -0.1) is 0 Å². The minimum atomic E-state index is -3.57. The molecule has 1 saturated heterocycles. The molecule has 4 rings (SSSR count). The van der Waals surface area contributed by atoms with Crippen molar-refractivity contribution in [2.75, 3.05) is 0 Å². The third-order valence-electron chi connectivity index (χ3n) is 5.33. The zero-order chi connectivity index (χ0) is 16.9. The lowest BCUT2D eigenvalue weighted by molar-refractivity contribution is 0.134. The van der Waals surface area contributed by atoms with Crippen molar-refractivity contribution in [1.29, 1.82) is 0 Å². The van der Waals surface area contributed by atoms with Crippen LogP contribution in [0.4, 0.5) is 0 Å². The van der Waals surface area contributed by atoms with Crippen molar-refractivity contribution in [3.8, 4) is 0 Å². The first kappa shape index (κ1) is 16.1. The quantitative estimate of drug-likeness (QED) is 0.898. The molecule has 0 aliphatic carbocycles. The van der Waals surface area contributed by atoms with E-state index in [4.69, 9.17) is 11.6 Å². The van der Waals surface area contributed by atoms with E-state index in [0.29, 0.717) is 9.92 Å². The van der Waals surface area contributed by atoms with Gasteiger partial charge in [-0.05, 0) is 49.9 Å². The molecule has 2 bridgehead atoms. The summed E-state index contributed by atoms with van der Waals surface area (Å²) in [7, 11) is -3.57. The first-order valence-corrected chi connectivity index (χ1v) is 10.2. The summed E-state index contributed by atoms with van der Waals surface area (Å²) in [5, 5.41) is 7.86. The minimum Gasteiger partial charge on any atom is -0.282 e. The standard InChI is InChI=1S/C17H20ClN3O2S/c1-2-13-15-4-3-5-16(14-10-19-20-17(13)14)21(15)24(22,23)12-8-6-11(18)7-9-12/h6-10,13,15-16H,2-5H2,1H3,(H,19,20). The Kier molecular flexibility index (Phi) is 3.94. The number of sulfonamides is 1. The van der Waals surface area contributed by atoms with Crippen molar-refractivity contribution >= 4 is 21.6 Å². The Morgan fingerprint density at radius 1 is 1.29 bits per heavy atom. The van der Waals surface area contributed by atoms with Gasteiger partial charge in [-0.1, -0.05) is 18.5 Å². The predicted molar refractivity (Wildman–Crippen MR) is 92.5 cm³/mol. The maximum absolute atomic E-state index is 13.4. The number of hydrogen-bond acceptors (Lipinski definition) is 3. The molecule has 1 aromatic heterocycles. The molecule has 7 heteroatoms. The maximum atomic E-state index is 13.4. The van der Waals surface area contributed by atoms with Crippen LogP contribution in [0.1, 0.15) is 55.8 Å². The largest absolute Gasteiger partial charge is 0.282 e. The second-order valence-electron chi connectivity index (χ2n) is 6.56. The fourth-order valence-electron chi connectivity index (χ4n) is 4.29. The second-order valence-corrected chi connectivity index (χ2v) is 8.84. The molecule has 5 nitrogen and oxygen atoms in total. The summed E-state index contributed by atoms with van der Waals surface area (Å²) in [6.45, 7) is 2.11. The van der Waals surface area contributed by atoms with Gasteiger partial charge in [-0.25, -0.2) is 8.42 Å². The summed E-state index contributed by atoms with van der Waals surface area (Å²) in [5.74, 6) is 0.168. The molecule has 1 N–H and O–H groups in total. The Bertz CT molecular complexity index is 847. The van der Waals surface area contributed by atoms with Crippen molar-refractivity contribution in [2.24, 2.45) is 0 Å². The number of hydrogen-bond donors (Lipinski definition) is 1. The van der Waals surface area contributed by atoms with Crippen LogP contribution >= 0.6 is 11.6 Å². The topological polar surface area (TPSA) is 66.1 Å². The van der Waals surface area contributed by atoms with Crippen LogP contribution in [0, 0.1) is 0 Å². The Morgan fingerprint density at radius 3 is 2.75 bits per heavy atom. The molecule has 3 heterocycles. The summed E-state index contributed by atoms with van der Waals surface area (Å²) in [6, 6.07) is 6.32. The number of halogens is 1. The van der Waals surface area contributed by atoms with Crippen molar-refractivity contribution in [1.82, 2.24) is 14.5 Å². The summed E-state index contributed by atoms with van der Waals surface area (Å²) in [6.07, 6.45) is 5.46. The number of benzene rings is 1. The molecule has 2 aliphatic heterocycles. The maximum Gasteiger partial charge on any atom is 0.243 e. The number of rotatable bonds is 3. The van der Waals surface area contributed by atoms with Gasteiger partial charge in [0, 0.05) is 28.2 Å². The average Bonchev–Trinajstić information content (AvgIpc) is 3.05. The van der Waals surface area contributed by atoms with E-state index in [0.717, 1.165) is 36.9 Å². The van der Waals surface area contributed by atoms with Gasteiger partial charge in [-0.3, -0.25) is 5.10 Å². The fourth-order valence-corrected chi connectivity index (χ4v) is 6.30. The van der Waals surface area contributed by atoms with Crippen molar-refractivity contribution in [3.05, 3.63) is 46.7 Å². The van der Waals surface area contributed by atoms with E-state index in [9.17, 15) is 8.42 Å². The predicted octanol–water partition coefficient (Wildman–Crippen LogP) is 3.85. The van der Waals surface area contributed by atoms with Crippen LogP contribution in [0.25, 0.3) is 0 Å². The Balaban J connectivity index is 1.84. The van der Waals surface area contributed by atoms with Crippen LogP contribution in [0.2, 0.25) is 5.02 Å². The summed E-state index contributed by atoms with van der Waals surface area (Å²) < 4.78 is 28.5. The number of H-pyrrole nitrogens is 1. The average molecular weight is 366 g/mol. The number of nitrogens with one attached hydrogen (secondary N) is 1. The Hall–Kier alpha value is -1.37. The SMILES string of the molecule is CCC1c2[nH]ncc2C2CCCC1N2S(=O)(=O)c1ccc(Cl)cc1. The van der Waals surface area contributed by atoms with Crippen LogP contribution in [0.15, 0.2) is 35.4 Å². The van der Waals surface area contributed by atoms with Gasteiger partial charge in [-0.2, -0.15) is 9.40 Å². The molecule has 1 aromatic carbocycles. The zero-order valence-corrected chi connectivity index (χ0v) is 15.0. The lowest BCUT2D eigenvalue weighted by Gasteiger charge is -2.48. The van der Waals surface area contributed by atoms with Gasteiger partial charge in [0.2, 0.25) is 10.0 Å². The van der Waals surface area contributed by atoms with E-state index >= 15 is 0 Å². The number of aromatic amines is 1. The molecule has 3 unspecified atom stereocenters. The van der Waals surface area contributed by atoms with Gasteiger partial charge < -0.3 is 0 Å². The van der Waals surface area contributed by atoms with Gasteiger partial charge in [0.15, 0.2) is 0 Å². The van der Waals surface area contributed by atoms with Gasteiger partial charge in [0.1, 0.15) is 0 Å². The van der Waals surface area contributed by atoms with E-state index in [1.165, 1.54) is 0 Å². The summed E-state index contributed by atoms with van der Waals surface area (Å²) in [4.78, 5) is 0.311. The molecule has 0 spiro atoms. The molecule has 0 radical (unpaired) electrons. The molecular weight excluding hydrogens is 346 g/mol. The summed E-state index contributed by atoms with van der Waals surface area (Å²) in [5.41, 5.74) is 2.16. The van der Waals surface area contributed by atoms with E-state index in [-0.39, 0.29) is 18.0 Å². The van der Waals surface area contributed by atoms with Crippen LogP contribution in [-0.4, -0.2) is 29.0 Å². The Labute approximate surface area is 147 Å². The molecule has 1 fully saturated rings. The first-order valence-electron chi connectivity index (χ1n) is 8.36. The molecule has 0 saturated carbocycles. The third kappa shape index (κ3) is 2.31. The van der Waals surface area contributed by atoms with Crippen molar-refractivity contribution < 1.29 is 8.42 Å². The van der Waals surface area contributed by atoms with Crippen LogP contribution in [0.3, 0.4) is 0 Å². The molecule has 2 aromatic rings. The van der Waals surface area contributed by atoms with Gasteiger partial charge in [0.05, 0.1) is 17.1 Å². The van der Waals surface area contributed by atoms with Crippen LogP contribution in [0.5, 0.6) is 0 Å². The van der Waals surface area contributed by atoms with E-state index in [1.54, 1.807) is 34.8 Å². The lowest BCUT2D eigenvalue weighted by atomic mass is 9.77. The van der Waals surface area contributed by atoms with E-state index < -0.39 is 10.0 Å². The normalized spacial score (nSPS) is 27.0. The number of fused-ring (bicyclic) bond motifs is 4. The highest BCUT2D eigenvalue weighted by molar-refractivity contribution is 7.89. The monoisotopic (exact) mass is 365 g/mol. The van der Waals surface area contributed by atoms with Crippen molar-refractivity contribution in [3.63, 3.8) is 0 Å². The second kappa shape index (κ2) is 5.86. The molecule has 24 heavy (non-hydrogen) atoms. The van der Waals surface area contributed by atoms with Gasteiger partial charge in [0.25, 0.3) is 0 Å². The van der Waals surface area contributed by atoms with Crippen LogP contribution < -0.4 is 0 Å². The summed E-state index contributed by atoms with van der Waals surface area (Å²) >= 11 is 5.92. The fraction of sp³-hybridized carbons (Fsp3) is 0.471. The Morgan fingerprint density at radius 2 is 2.04 bits per heavy atom. The minimum absolute atomic E-state index is 0.0117. The van der Waals surface area contributed by atoms with Crippen LogP contribution in [-0.2, 0) is 10.0 Å². The highest BCUT2D eigenvalue weighted by Crippen LogP contribution is 2.49. The molecule has 128 valence electrons. The zero-order valence-electron chi connectivity index (χ0n) is 13.4. The number of nitrogens with zero attached hydrogens (tertiary/aromatic N) is 2. The lowest BCUT2D eigenvalue weighted by Crippen LogP contribution is -2.51. The molecular formula is C17H20ClN3O2S. The number of aromatic nitrogens is 2.